The maximum Gasteiger partial charge on any atom is 0.157 e. The van der Waals surface area contributed by atoms with Gasteiger partial charge in [0.15, 0.2) is 5.78 Å². The van der Waals surface area contributed by atoms with Gasteiger partial charge in [0.2, 0.25) is 0 Å². The molecule has 0 amide bonds. The standard InChI is InChI=1S/C18H24N2O/c1-18(2,3)15-8-6-13(7-9-15)17(21)16(11-19)14-5-4-10-20-12-14/h4-5,10,12-13,15-16H,6-9H2,1-3H3. The van der Waals surface area contributed by atoms with Crippen LogP contribution >= 0.6 is 0 Å². The minimum absolute atomic E-state index is 0.0356. The third kappa shape index (κ3) is 3.69. The van der Waals surface area contributed by atoms with Crippen LogP contribution in [0, 0.1) is 28.6 Å². The molecule has 1 aliphatic rings. The van der Waals surface area contributed by atoms with Gasteiger partial charge < -0.3 is 0 Å². The van der Waals surface area contributed by atoms with Crippen molar-refractivity contribution in [3.63, 3.8) is 0 Å². The molecule has 0 bridgehead atoms. The van der Waals surface area contributed by atoms with E-state index in [0.29, 0.717) is 11.3 Å². The largest absolute Gasteiger partial charge is 0.298 e. The normalized spacial score (nSPS) is 24.1. The van der Waals surface area contributed by atoms with Gasteiger partial charge in [-0.25, -0.2) is 0 Å². The molecule has 1 aliphatic carbocycles. The number of nitriles is 1. The van der Waals surface area contributed by atoms with E-state index in [2.05, 4.69) is 31.8 Å². The lowest BCUT2D eigenvalue weighted by atomic mass is 9.68. The van der Waals surface area contributed by atoms with Crippen LogP contribution in [0.25, 0.3) is 0 Å². The van der Waals surface area contributed by atoms with Crippen LogP contribution in [0.3, 0.4) is 0 Å². The van der Waals surface area contributed by atoms with Crippen molar-refractivity contribution in [3.05, 3.63) is 30.1 Å². The van der Waals surface area contributed by atoms with Crippen LogP contribution < -0.4 is 0 Å². The van der Waals surface area contributed by atoms with Gasteiger partial charge in [0.05, 0.1) is 6.07 Å². The monoisotopic (exact) mass is 284 g/mol. The molecule has 1 fully saturated rings. The molecule has 3 nitrogen and oxygen atoms in total. The predicted octanol–water partition coefficient (Wildman–Crippen LogP) is 4.11. The molecule has 1 unspecified atom stereocenters. The molecule has 3 heteroatoms. The molecule has 1 heterocycles. The molecule has 21 heavy (non-hydrogen) atoms. The number of hydrogen-bond donors (Lipinski definition) is 0. The van der Waals surface area contributed by atoms with Crippen LogP contribution in [0.1, 0.15) is 57.9 Å². The van der Waals surface area contributed by atoms with Gasteiger partial charge in [0.1, 0.15) is 5.92 Å². The number of carbonyl (C=O) groups is 1. The van der Waals surface area contributed by atoms with Gasteiger partial charge in [-0.15, -0.1) is 0 Å². The number of pyridine rings is 1. The zero-order chi connectivity index (χ0) is 15.5. The molecule has 0 radical (unpaired) electrons. The highest BCUT2D eigenvalue weighted by Gasteiger charge is 2.35. The van der Waals surface area contributed by atoms with E-state index in [1.54, 1.807) is 18.5 Å². The summed E-state index contributed by atoms with van der Waals surface area (Å²) >= 11 is 0. The van der Waals surface area contributed by atoms with Gasteiger partial charge >= 0.3 is 0 Å². The second-order valence-electron chi connectivity index (χ2n) is 7.17. The topological polar surface area (TPSA) is 53.8 Å². The van der Waals surface area contributed by atoms with Crippen molar-refractivity contribution in [3.8, 4) is 6.07 Å². The number of ketones is 1. The Morgan fingerprint density at radius 3 is 2.48 bits per heavy atom. The van der Waals surface area contributed by atoms with Gasteiger partial charge in [-0.2, -0.15) is 5.26 Å². The second kappa shape index (κ2) is 6.39. The first kappa shape index (κ1) is 15.7. The summed E-state index contributed by atoms with van der Waals surface area (Å²) in [6.45, 7) is 6.81. The van der Waals surface area contributed by atoms with Crippen LogP contribution in [0.4, 0.5) is 0 Å². The number of carbonyl (C=O) groups excluding carboxylic acids is 1. The van der Waals surface area contributed by atoms with E-state index in [-0.39, 0.29) is 11.7 Å². The second-order valence-corrected chi connectivity index (χ2v) is 7.17. The Bertz CT molecular complexity index is 516. The smallest absolute Gasteiger partial charge is 0.157 e. The first-order valence-corrected chi connectivity index (χ1v) is 7.76. The Balaban J connectivity index is 2.03. The van der Waals surface area contributed by atoms with Crippen molar-refractivity contribution in [1.29, 1.82) is 5.26 Å². The van der Waals surface area contributed by atoms with Crippen LogP contribution in [0.2, 0.25) is 0 Å². The van der Waals surface area contributed by atoms with E-state index in [4.69, 9.17) is 0 Å². The van der Waals surface area contributed by atoms with Crippen LogP contribution in [-0.4, -0.2) is 10.8 Å². The highest BCUT2D eigenvalue weighted by Crippen LogP contribution is 2.41. The minimum atomic E-state index is -0.658. The number of hydrogen-bond acceptors (Lipinski definition) is 3. The van der Waals surface area contributed by atoms with Gasteiger partial charge in [0.25, 0.3) is 0 Å². The summed E-state index contributed by atoms with van der Waals surface area (Å²) in [5.41, 5.74) is 1.04. The number of rotatable bonds is 3. The lowest BCUT2D eigenvalue weighted by molar-refractivity contribution is -0.124. The first-order chi connectivity index (χ1) is 9.93. The fourth-order valence-electron chi connectivity index (χ4n) is 3.33. The molecular weight excluding hydrogens is 260 g/mol. The predicted molar refractivity (Wildman–Crippen MR) is 82.5 cm³/mol. The molecule has 1 saturated carbocycles. The zero-order valence-electron chi connectivity index (χ0n) is 13.2. The molecule has 0 aromatic carbocycles. The lowest BCUT2D eigenvalue weighted by Crippen LogP contribution is -2.30. The minimum Gasteiger partial charge on any atom is -0.298 e. The Hall–Kier alpha value is -1.69. The molecular formula is C18H24N2O. The van der Waals surface area contributed by atoms with Gasteiger partial charge in [-0.05, 0) is 48.6 Å². The lowest BCUT2D eigenvalue weighted by Gasteiger charge is -2.36. The number of nitrogens with zero attached hydrogens (tertiary/aromatic N) is 2. The van der Waals surface area contributed by atoms with Crippen LogP contribution in [-0.2, 0) is 4.79 Å². The zero-order valence-corrected chi connectivity index (χ0v) is 13.2. The van der Waals surface area contributed by atoms with Crippen molar-refractivity contribution in [2.45, 2.75) is 52.4 Å². The van der Waals surface area contributed by atoms with Crippen molar-refractivity contribution >= 4 is 5.78 Å². The summed E-state index contributed by atoms with van der Waals surface area (Å²) in [4.78, 5) is 16.7. The fourth-order valence-corrected chi connectivity index (χ4v) is 3.33. The SMILES string of the molecule is CC(C)(C)C1CCC(C(=O)C(C#N)c2cccnc2)CC1. The molecule has 0 N–H and O–H groups in total. The maximum absolute atomic E-state index is 12.6. The van der Waals surface area contributed by atoms with E-state index in [0.717, 1.165) is 31.2 Å². The summed E-state index contributed by atoms with van der Waals surface area (Å²) in [6, 6.07) is 5.77. The van der Waals surface area contributed by atoms with E-state index in [1.165, 1.54) is 0 Å². The maximum atomic E-state index is 12.6. The highest BCUT2D eigenvalue weighted by atomic mass is 16.1. The average Bonchev–Trinajstić information content (AvgIpc) is 2.48. The Labute approximate surface area is 127 Å². The number of aromatic nitrogens is 1. The average molecular weight is 284 g/mol. The third-order valence-electron chi connectivity index (χ3n) is 4.79. The van der Waals surface area contributed by atoms with E-state index in [9.17, 15) is 10.1 Å². The molecule has 0 spiro atoms. The Morgan fingerprint density at radius 1 is 1.33 bits per heavy atom. The molecule has 1 atom stereocenters. The van der Waals surface area contributed by atoms with Crippen molar-refractivity contribution in [2.75, 3.05) is 0 Å². The van der Waals surface area contributed by atoms with Gasteiger partial charge in [0, 0.05) is 18.3 Å². The summed E-state index contributed by atoms with van der Waals surface area (Å²) in [7, 11) is 0. The van der Waals surface area contributed by atoms with Crippen molar-refractivity contribution in [1.82, 2.24) is 4.98 Å². The number of Topliss-reactive ketones (excluding diaryl/α,β-unsaturated/α-hetero) is 1. The van der Waals surface area contributed by atoms with Crippen LogP contribution in [0.15, 0.2) is 24.5 Å². The van der Waals surface area contributed by atoms with Gasteiger partial charge in [-0.3, -0.25) is 9.78 Å². The fraction of sp³-hybridized carbons (Fsp3) is 0.611. The quantitative estimate of drug-likeness (QED) is 0.839. The molecule has 0 aliphatic heterocycles. The summed E-state index contributed by atoms with van der Waals surface area (Å²) in [5, 5.41) is 9.36. The highest BCUT2D eigenvalue weighted by molar-refractivity contribution is 5.90. The summed E-state index contributed by atoms with van der Waals surface area (Å²) in [6.07, 6.45) is 7.30. The molecule has 112 valence electrons. The van der Waals surface area contributed by atoms with Crippen molar-refractivity contribution in [2.24, 2.45) is 17.3 Å². The van der Waals surface area contributed by atoms with E-state index >= 15 is 0 Å². The van der Waals surface area contributed by atoms with Crippen LogP contribution in [0.5, 0.6) is 0 Å². The molecule has 1 aromatic heterocycles. The molecule has 0 saturated heterocycles. The van der Waals surface area contributed by atoms with E-state index in [1.807, 2.05) is 6.07 Å². The summed E-state index contributed by atoms with van der Waals surface area (Å²) in [5.74, 6) is 0.140. The van der Waals surface area contributed by atoms with E-state index < -0.39 is 5.92 Å². The molecule has 2 rings (SSSR count). The Morgan fingerprint density at radius 2 is 2.00 bits per heavy atom. The summed E-state index contributed by atoms with van der Waals surface area (Å²) < 4.78 is 0. The van der Waals surface area contributed by atoms with Gasteiger partial charge in [-0.1, -0.05) is 26.8 Å². The third-order valence-corrected chi connectivity index (χ3v) is 4.79. The first-order valence-electron chi connectivity index (χ1n) is 7.76. The molecule has 1 aromatic rings. The van der Waals surface area contributed by atoms with Crippen molar-refractivity contribution < 1.29 is 4.79 Å². The Kier molecular flexibility index (Phi) is 4.77.